The summed E-state index contributed by atoms with van der Waals surface area (Å²) in [5.41, 5.74) is 1.92. The third-order valence-electron chi connectivity index (χ3n) is 7.62. The van der Waals surface area contributed by atoms with Gasteiger partial charge in [0, 0.05) is 22.7 Å². The first-order valence-electron chi connectivity index (χ1n) is 11.4. The molecule has 2 heterocycles. The van der Waals surface area contributed by atoms with Crippen LogP contribution in [-0.4, -0.2) is 29.4 Å². The van der Waals surface area contributed by atoms with E-state index in [0.717, 1.165) is 16.8 Å². The summed E-state index contributed by atoms with van der Waals surface area (Å²) in [4.78, 5) is 43.6. The Balaban J connectivity index is 1.71. The van der Waals surface area contributed by atoms with Crippen molar-refractivity contribution >= 4 is 29.1 Å². The van der Waals surface area contributed by atoms with Crippen molar-refractivity contribution in [3.05, 3.63) is 106 Å². The lowest BCUT2D eigenvalue weighted by molar-refractivity contribution is -0.118. The number of carbonyl (C=O) groups is 3. The fourth-order valence-electron chi connectivity index (χ4n) is 6.30. The second-order valence-corrected chi connectivity index (χ2v) is 9.40. The van der Waals surface area contributed by atoms with E-state index in [-0.39, 0.29) is 22.9 Å². The molecule has 0 saturated carbocycles. The molecule has 3 aromatic rings. The lowest BCUT2D eigenvalue weighted by Crippen LogP contribution is -2.48. The number of Topliss-reactive ketones (excluding diaryl/α,β-unsaturated/α-hetero) is 3. The zero-order valence-corrected chi connectivity index (χ0v) is 18.8. The lowest BCUT2D eigenvalue weighted by atomic mass is 9.64. The van der Waals surface area contributed by atoms with Gasteiger partial charge in [-0.1, -0.05) is 66.7 Å². The van der Waals surface area contributed by atoms with Crippen LogP contribution in [0.2, 0.25) is 0 Å². The third-order valence-corrected chi connectivity index (χ3v) is 7.62. The Morgan fingerprint density at radius 1 is 0.941 bits per heavy atom. The van der Waals surface area contributed by atoms with Crippen LogP contribution in [-0.2, 0) is 4.79 Å². The number of hydrogen-bond donors (Lipinski definition) is 0. The fraction of sp³-hybridized carbons (Fsp3) is 0.207. The predicted octanol–water partition coefficient (Wildman–Crippen LogP) is 5.16. The molecule has 6 rings (SSSR count). The number of hydrogen-bond acceptors (Lipinski definition) is 4. The van der Waals surface area contributed by atoms with Crippen molar-refractivity contribution in [1.82, 2.24) is 0 Å². The standard InChI is InChI=1S/C29H22FNO3/c1-16-11-12-18-13-14-24-29(27(33)19-7-3-4-8-20(19)28(29)34)25(21-9-5-6-10-22(21)30)26(17(2)32)31(24)23(18)15-16/h3-15,24-26H,1-2H3. The van der Waals surface area contributed by atoms with Crippen LogP contribution in [0.3, 0.4) is 0 Å². The molecule has 0 radical (unpaired) electrons. The Hall–Kier alpha value is -3.86. The third kappa shape index (κ3) is 2.44. The van der Waals surface area contributed by atoms with Gasteiger partial charge in [-0.25, -0.2) is 4.39 Å². The van der Waals surface area contributed by atoms with Crippen molar-refractivity contribution in [3.63, 3.8) is 0 Å². The molecule has 1 saturated heterocycles. The van der Waals surface area contributed by atoms with Crippen molar-refractivity contribution in [2.45, 2.75) is 31.8 Å². The van der Waals surface area contributed by atoms with Gasteiger partial charge in [-0.2, -0.15) is 0 Å². The molecular weight excluding hydrogens is 429 g/mol. The van der Waals surface area contributed by atoms with Gasteiger partial charge in [-0.3, -0.25) is 14.4 Å². The monoisotopic (exact) mass is 451 g/mol. The zero-order chi connectivity index (χ0) is 23.8. The van der Waals surface area contributed by atoms with Crippen LogP contribution in [0.4, 0.5) is 10.1 Å². The first-order valence-corrected chi connectivity index (χ1v) is 11.4. The molecule has 168 valence electrons. The summed E-state index contributed by atoms with van der Waals surface area (Å²) >= 11 is 0. The highest BCUT2D eigenvalue weighted by atomic mass is 19.1. The van der Waals surface area contributed by atoms with E-state index in [4.69, 9.17) is 0 Å². The summed E-state index contributed by atoms with van der Waals surface area (Å²) in [7, 11) is 0. The Labute approximate surface area is 196 Å². The van der Waals surface area contributed by atoms with Crippen molar-refractivity contribution in [2.75, 3.05) is 4.90 Å². The maximum Gasteiger partial charge on any atom is 0.180 e. The number of nitrogens with zero attached hydrogens (tertiary/aromatic N) is 1. The first kappa shape index (κ1) is 20.7. The summed E-state index contributed by atoms with van der Waals surface area (Å²) in [5, 5.41) is 0. The molecule has 3 atom stereocenters. The Bertz CT molecular complexity index is 1400. The van der Waals surface area contributed by atoms with Crippen LogP contribution in [0.15, 0.2) is 72.8 Å². The fourth-order valence-corrected chi connectivity index (χ4v) is 6.30. The molecule has 1 aliphatic carbocycles. The lowest BCUT2D eigenvalue weighted by Gasteiger charge is -2.37. The minimum atomic E-state index is -1.64. The predicted molar refractivity (Wildman–Crippen MR) is 128 cm³/mol. The number of anilines is 1. The minimum absolute atomic E-state index is 0.213. The molecule has 0 aromatic heterocycles. The maximum atomic E-state index is 15.4. The molecule has 5 heteroatoms. The van der Waals surface area contributed by atoms with Crippen LogP contribution < -0.4 is 4.90 Å². The Morgan fingerprint density at radius 2 is 1.59 bits per heavy atom. The number of carbonyl (C=O) groups excluding carboxylic acids is 3. The molecular formula is C29H22FNO3. The highest BCUT2D eigenvalue weighted by molar-refractivity contribution is 6.32. The number of ketones is 3. The van der Waals surface area contributed by atoms with Gasteiger partial charge in [0.05, 0.1) is 12.1 Å². The average Bonchev–Trinajstić information content (AvgIpc) is 3.26. The number of fused-ring (bicyclic) bond motifs is 5. The quantitative estimate of drug-likeness (QED) is 0.506. The van der Waals surface area contributed by atoms with Gasteiger partial charge in [-0.15, -0.1) is 0 Å². The number of rotatable bonds is 2. The summed E-state index contributed by atoms with van der Waals surface area (Å²) in [6, 6.07) is 17.3. The smallest absolute Gasteiger partial charge is 0.180 e. The van der Waals surface area contributed by atoms with Gasteiger partial charge in [0.25, 0.3) is 0 Å². The van der Waals surface area contributed by atoms with Gasteiger partial charge in [0.1, 0.15) is 11.2 Å². The average molecular weight is 451 g/mol. The van der Waals surface area contributed by atoms with Crippen LogP contribution in [0.1, 0.15) is 50.2 Å². The van der Waals surface area contributed by atoms with Gasteiger partial charge >= 0.3 is 0 Å². The van der Waals surface area contributed by atoms with E-state index in [0.29, 0.717) is 11.1 Å². The second kappa shape index (κ2) is 7.07. The van der Waals surface area contributed by atoms with E-state index in [1.807, 2.05) is 42.2 Å². The normalized spacial score (nSPS) is 23.7. The number of halogens is 1. The van der Waals surface area contributed by atoms with Crippen LogP contribution in [0, 0.1) is 18.2 Å². The van der Waals surface area contributed by atoms with Gasteiger partial charge in [0.2, 0.25) is 0 Å². The summed E-state index contributed by atoms with van der Waals surface area (Å²) in [6.45, 7) is 3.41. The maximum absolute atomic E-state index is 15.4. The molecule has 1 fully saturated rings. The second-order valence-electron chi connectivity index (χ2n) is 9.40. The molecule has 3 aromatic carbocycles. The van der Waals surface area contributed by atoms with Crippen molar-refractivity contribution in [1.29, 1.82) is 0 Å². The molecule has 34 heavy (non-hydrogen) atoms. The van der Waals surface area contributed by atoms with E-state index >= 15 is 4.39 Å². The highest BCUT2D eigenvalue weighted by Gasteiger charge is 2.71. The highest BCUT2D eigenvalue weighted by Crippen LogP contribution is 2.60. The largest absolute Gasteiger partial charge is 0.352 e. The SMILES string of the molecule is CC(=O)C1C(c2ccccc2F)C2(C(=O)c3ccccc3C2=O)C2C=Cc3ccc(C)cc3N12. The van der Waals surface area contributed by atoms with Gasteiger partial charge in [0.15, 0.2) is 17.3 Å². The molecule has 3 unspecified atom stereocenters. The van der Waals surface area contributed by atoms with E-state index in [1.165, 1.54) is 13.0 Å². The molecule has 4 nitrogen and oxygen atoms in total. The van der Waals surface area contributed by atoms with E-state index in [9.17, 15) is 14.4 Å². The number of aryl methyl sites for hydroxylation is 1. The van der Waals surface area contributed by atoms with E-state index < -0.39 is 29.2 Å². The Kier molecular flexibility index (Phi) is 4.31. The summed E-state index contributed by atoms with van der Waals surface area (Å²) < 4.78 is 15.4. The minimum Gasteiger partial charge on any atom is -0.352 e. The van der Waals surface area contributed by atoms with Crippen LogP contribution in [0.5, 0.6) is 0 Å². The summed E-state index contributed by atoms with van der Waals surface area (Å²) in [5.74, 6) is -2.40. The van der Waals surface area contributed by atoms with Crippen molar-refractivity contribution < 1.29 is 18.8 Å². The molecule has 1 spiro atoms. The van der Waals surface area contributed by atoms with Gasteiger partial charge in [-0.05, 0) is 42.7 Å². The van der Waals surface area contributed by atoms with Crippen LogP contribution >= 0.6 is 0 Å². The number of benzene rings is 3. The van der Waals surface area contributed by atoms with E-state index in [2.05, 4.69) is 0 Å². The molecule has 3 aliphatic rings. The van der Waals surface area contributed by atoms with E-state index in [1.54, 1.807) is 42.5 Å². The van der Waals surface area contributed by atoms with Crippen molar-refractivity contribution in [2.24, 2.45) is 5.41 Å². The molecule has 0 N–H and O–H groups in total. The topological polar surface area (TPSA) is 54.5 Å². The Morgan fingerprint density at radius 3 is 2.24 bits per heavy atom. The van der Waals surface area contributed by atoms with Crippen molar-refractivity contribution in [3.8, 4) is 0 Å². The first-order chi connectivity index (χ1) is 16.4. The molecule has 0 amide bonds. The van der Waals surface area contributed by atoms with Gasteiger partial charge < -0.3 is 4.90 Å². The molecule has 2 aliphatic heterocycles. The molecule has 0 bridgehead atoms. The summed E-state index contributed by atoms with van der Waals surface area (Å²) in [6.07, 6.45) is 3.75. The van der Waals surface area contributed by atoms with Crippen LogP contribution in [0.25, 0.3) is 6.08 Å². The zero-order valence-electron chi connectivity index (χ0n) is 18.8.